The molecule has 2 heterocycles. The summed E-state index contributed by atoms with van der Waals surface area (Å²) < 4.78 is 1.78. The zero-order chi connectivity index (χ0) is 20.7. The fraction of sp³-hybridized carbons (Fsp3) is 0.227. The molecule has 0 unspecified atom stereocenters. The summed E-state index contributed by atoms with van der Waals surface area (Å²) in [6, 6.07) is 14.8. The molecule has 0 radical (unpaired) electrons. The number of fused-ring (bicyclic) bond motifs is 1. The lowest BCUT2D eigenvalue weighted by Gasteiger charge is -2.17. The number of aromatic carboxylic acids is 1. The molecular weight excluding hydrogens is 386 g/mol. The molecular formula is C22H21N3O3S. The number of thioether (sulfide) groups is 1. The minimum Gasteiger partial charge on any atom is -0.478 e. The van der Waals surface area contributed by atoms with E-state index >= 15 is 0 Å². The quantitative estimate of drug-likeness (QED) is 0.674. The van der Waals surface area contributed by atoms with Gasteiger partial charge in [0.05, 0.1) is 27.4 Å². The van der Waals surface area contributed by atoms with E-state index in [1.807, 2.05) is 57.2 Å². The van der Waals surface area contributed by atoms with E-state index in [9.17, 15) is 14.7 Å². The molecule has 1 aromatic heterocycles. The number of nitrogens with one attached hydrogen (secondary N) is 1. The van der Waals surface area contributed by atoms with Crippen molar-refractivity contribution in [1.29, 1.82) is 0 Å². The molecule has 0 saturated carbocycles. The van der Waals surface area contributed by atoms with Crippen molar-refractivity contribution in [3.63, 3.8) is 0 Å². The van der Waals surface area contributed by atoms with Crippen LogP contribution in [-0.4, -0.2) is 32.0 Å². The average Bonchev–Trinajstić information content (AvgIpc) is 2.94. The second kappa shape index (κ2) is 7.40. The maximum absolute atomic E-state index is 12.7. The summed E-state index contributed by atoms with van der Waals surface area (Å²) in [5.41, 5.74) is 4.97. The van der Waals surface area contributed by atoms with Gasteiger partial charge in [-0.25, -0.2) is 9.48 Å². The summed E-state index contributed by atoms with van der Waals surface area (Å²) in [6.07, 6.45) is 0. The van der Waals surface area contributed by atoms with Gasteiger partial charge >= 0.3 is 5.97 Å². The summed E-state index contributed by atoms with van der Waals surface area (Å²) >= 11 is 1.54. The number of carboxylic acids is 1. The minimum absolute atomic E-state index is 0.0748. The van der Waals surface area contributed by atoms with Crippen LogP contribution in [-0.2, 0) is 4.79 Å². The van der Waals surface area contributed by atoms with Gasteiger partial charge in [0.15, 0.2) is 0 Å². The molecule has 0 bridgehead atoms. The lowest BCUT2D eigenvalue weighted by atomic mass is 10.0. The summed E-state index contributed by atoms with van der Waals surface area (Å²) in [5, 5.41) is 16.5. The van der Waals surface area contributed by atoms with Gasteiger partial charge < -0.3 is 10.4 Å². The molecule has 0 saturated heterocycles. The van der Waals surface area contributed by atoms with Crippen LogP contribution in [0.2, 0.25) is 0 Å². The number of aromatic nitrogens is 2. The SMILES string of the molecule is Cc1ccc(-n2nc(C)c3c2NC(=O)[C@@H](C)S[C@H]3c2ccc(C(=O)O)cc2)cc1. The predicted octanol–water partition coefficient (Wildman–Crippen LogP) is 4.35. The van der Waals surface area contributed by atoms with Crippen LogP contribution in [0, 0.1) is 13.8 Å². The first-order valence-corrected chi connectivity index (χ1v) is 10.3. The largest absolute Gasteiger partial charge is 0.478 e. The third-order valence-corrected chi connectivity index (χ3v) is 6.46. The van der Waals surface area contributed by atoms with Crippen molar-refractivity contribution >= 4 is 29.5 Å². The maximum Gasteiger partial charge on any atom is 0.335 e. The third-order valence-electron chi connectivity index (χ3n) is 5.06. The van der Waals surface area contributed by atoms with Crippen LogP contribution in [0.15, 0.2) is 48.5 Å². The highest BCUT2D eigenvalue weighted by atomic mass is 32.2. The van der Waals surface area contributed by atoms with Crippen LogP contribution in [0.3, 0.4) is 0 Å². The van der Waals surface area contributed by atoms with Crippen molar-refractivity contribution in [1.82, 2.24) is 9.78 Å². The molecule has 148 valence electrons. The molecule has 0 fully saturated rings. The zero-order valence-electron chi connectivity index (χ0n) is 16.3. The topological polar surface area (TPSA) is 84.2 Å². The number of anilines is 1. The molecule has 1 aliphatic heterocycles. The Bertz CT molecular complexity index is 1090. The third kappa shape index (κ3) is 3.53. The molecule has 29 heavy (non-hydrogen) atoms. The molecule has 0 aliphatic carbocycles. The molecule has 1 aliphatic rings. The van der Waals surface area contributed by atoms with E-state index in [0.29, 0.717) is 5.82 Å². The van der Waals surface area contributed by atoms with Crippen molar-refractivity contribution in [2.24, 2.45) is 0 Å². The molecule has 6 nitrogen and oxygen atoms in total. The van der Waals surface area contributed by atoms with Gasteiger partial charge in [-0.15, -0.1) is 11.8 Å². The van der Waals surface area contributed by atoms with E-state index in [1.165, 1.54) is 11.8 Å². The van der Waals surface area contributed by atoms with Crippen molar-refractivity contribution in [3.05, 3.63) is 76.5 Å². The Balaban J connectivity index is 1.86. The van der Waals surface area contributed by atoms with Gasteiger partial charge in [-0.2, -0.15) is 5.10 Å². The zero-order valence-corrected chi connectivity index (χ0v) is 17.2. The number of hydrogen-bond donors (Lipinski definition) is 2. The van der Waals surface area contributed by atoms with E-state index < -0.39 is 5.97 Å². The standard InChI is InChI=1S/C22H21N3O3S/c1-12-4-10-17(11-5-12)25-20-18(13(2)24-25)19(29-14(3)21(26)23-20)15-6-8-16(9-7-15)22(27)28/h4-11,14,19H,1-3H3,(H,23,26)(H,27,28)/t14-,19+/m1/s1. The monoisotopic (exact) mass is 407 g/mol. The van der Waals surface area contributed by atoms with Crippen molar-refractivity contribution in [3.8, 4) is 5.69 Å². The fourth-order valence-corrected chi connectivity index (χ4v) is 4.77. The highest BCUT2D eigenvalue weighted by molar-refractivity contribution is 8.01. The van der Waals surface area contributed by atoms with Gasteiger partial charge in [-0.05, 0) is 50.6 Å². The number of aryl methyl sites for hydroxylation is 2. The number of hydrogen-bond acceptors (Lipinski definition) is 4. The van der Waals surface area contributed by atoms with E-state index in [4.69, 9.17) is 5.10 Å². The highest BCUT2D eigenvalue weighted by Gasteiger charge is 2.34. The van der Waals surface area contributed by atoms with Crippen LogP contribution in [0.4, 0.5) is 5.82 Å². The number of rotatable bonds is 3. The Morgan fingerprint density at radius 3 is 2.38 bits per heavy atom. The first-order valence-electron chi connectivity index (χ1n) is 9.31. The van der Waals surface area contributed by atoms with Gasteiger partial charge in [0.1, 0.15) is 5.82 Å². The van der Waals surface area contributed by atoms with Crippen molar-refractivity contribution < 1.29 is 14.7 Å². The molecule has 2 aromatic carbocycles. The van der Waals surface area contributed by atoms with Crippen LogP contribution < -0.4 is 5.32 Å². The minimum atomic E-state index is -0.959. The number of benzene rings is 2. The second-order valence-electron chi connectivity index (χ2n) is 7.17. The highest BCUT2D eigenvalue weighted by Crippen LogP contribution is 2.46. The first kappa shape index (κ1) is 19.3. The van der Waals surface area contributed by atoms with E-state index in [1.54, 1.807) is 16.8 Å². The first-order chi connectivity index (χ1) is 13.8. The summed E-state index contributed by atoms with van der Waals surface area (Å²) in [6.45, 7) is 5.84. The summed E-state index contributed by atoms with van der Waals surface area (Å²) in [5.74, 6) is -0.367. The Hall–Kier alpha value is -3.06. The molecule has 2 N–H and O–H groups in total. The second-order valence-corrected chi connectivity index (χ2v) is 8.62. The maximum atomic E-state index is 12.7. The van der Waals surface area contributed by atoms with Crippen LogP contribution >= 0.6 is 11.8 Å². The average molecular weight is 407 g/mol. The fourth-order valence-electron chi connectivity index (χ4n) is 3.44. The molecule has 4 rings (SSSR count). The molecule has 2 atom stereocenters. The Morgan fingerprint density at radius 2 is 1.76 bits per heavy atom. The van der Waals surface area contributed by atoms with Gasteiger partial charge in [0, 0.05) is 5.56 Å². The van der Waals surface area contributed by atoms with Crippen molar-refractivity contribution in [2.75, 3.05) is 5.32 Å². The Labute approximate surface area is 172 Å². The molecule has 0 spiro atoms. The number of amides is 1. The summed E-state index contributed by atoms with van der Waals surface area (Å²) in [7, 11) is 0. The molecule has 7 heteroatoms. The van der Waals surface area contributed by atoms with Gasteiger partial charge in [-0.3, -0.25) is 4.79 Å². The number of carbonyl (C=O) groups excluding carboxylic acids is 1. The van der Waals surface area contributed by atoms with Crippen LogP contribution in [0.5, 0.6) is 0 Å². The van der Waals surface area contributed by atoms with Crippen LogP contribution in [0.25, 0.3) is 5.69 Å². The Kier molecular flexibility index (Phi) is 4.92. The normalized spacial score (nSPS) is 18.7. The van der Waals surface area contributed by atoms with Gasteiger partial charge in [-0.1, -0.05) is 29.8 Å². The smallest absolute Gasteiger partial charge is 0.335 e. The van der Waals surface area contributed by atoms with Gasteiger partial charge in [0.2, 0.25) is 5.91 Å². The molecule has 3 aromatic rings. The number of carboxylic acid groups (broad SMARTS) is 1. The van der Waals surface area contributed by atoms with Crippen LogP contribution in [0.1, 0.15) is 44.9 Å². The number of carbonyl (C=O) groups is 2. The van der Waals surface area contributed by atoms with E-state index in [0.717, 1.165) is 28.1 Å². The van der Waals surface area contributed by atoms with Gasteiger partial charge in [0.25, 0.3) is 0 Å². The summed E-state index contributed by atoms with van der Waals surface area (Å²) in [4.78, 5) is 23.9. The Morgan fingerprint density at radius 1 is 1.10 bits per heavy atom. The van der Waals surface area contributed by atoms with E-state index in [-0.39, 0.29) is 22.0 Å². The lowest BCUT2D eigenvalue weighted by molar-refractivity contribution is -0.115. The predicted molar refractivity (Wildman–Crippen MR) is 114 cm³/mol. The molecule has 1 amide bonds. The van der Waals surface area contributed by atoms with E-state index in [2.05, 4.69) is 5.32 Å². The van der Waals surface area contributed by atoms with Crippen molar-refractivity contribution in [2.45, 2.75) is 31.3 Å². The number of nitrogens with zero attached hydrogens (tertiary/aromatic N) is 2. The lowest BCUT2D eigenvalue weighted by Crippen LogP contribution is -2.22.